The summed E-state index contributed by atoms with van der Waals surface area (Å²) in [6.45, 7) is 11.0. The Kier molecular flexibility index (Phi) is 3.72. The number of phenols is 1. The first-order valence-corrected chi connectivity index (χ1v) is 7.35. The van der Waals surface area contributed by atoms with Gasteiger partial charge in [0.2, 0.25) is 0 Å². The maximum Gasteiger partial charge on any atom is 0.123 e. The molecule has 0 saturated heterocycles. The van der Waals surface area contributed by atoms with Gasteiger partial charge >= 0.3 is 0 Å². The molecule has 20 heavy (non-hydrogen) atoms. The smallest absolute Gasteiger partial charge is 0.123 e. The van der Waals surface area contributed by atoms with E-state index in [9.17, 15) is 5.11 Å². The topological polar surface area (TPSA) is 40.5 Å². The number of aliphatic hydroxyl groups excluding tert-OH is 1. The molecule has 2 heteroatoms. The fourth-order valence-electron chi connectivity index (χ4n) is 3.17. The van der Waals surface area contributed by atoms with Crippen LogP contribution in [0.25, 0.3) is 5.57 Å². The summed E-state index contributed by atoms with van der Waals surface area (Å²) in [5, 5.41) is 19.4. The summed E-state index contributed by atoms with van der Waals surface area (Å²) in [7, 11) is 0. The number of allylic oxidation sites excluding steroid dienone is 1. The third-order valence-electron chi connectivity index (χ3n) is 4.79. The second-order valence-electron chi connectivity index (χ2n) is 7.25. The average molecular weight is 274 g/mol. The molecule has 0 heterocycles. The summed E-state index contributed by atoms with van der Waals surface area (Å²) in [4.78, 5) is 0. The third kappa shape index (κ3) is 2.49. The summed E-state index contributed by atoms with van der Waals surface area (Å²) < 4.78 is 0. The Morgan fingerprint density at radius 3 is 2.10 bits per heavy atom. The lowest BCUT2D eigenvalue weighted by Gasteiger charge is -2.42. The zero-order valence-corrected chi connectivity index (χ0v) is 13.2. The molecular weight excluding hydrogens is 248 g/mol. The van der Waals surface area contributed by atoms with Gasteiger partial charge in [0, 0.05) is 5.56 Å². The minimum atomic E-state index is -0.00273. The fourth-order valence-corrected chi connectivity index (χ4v) is 3.17. The number of fused-ring (bicyclic) bond motifs is 1. The van der Waals surface area contributed by atoms with Crippen LogP contribution in [0.2, 0.25) is 0 Å². The molecule has 2 nitrogen and oxygen atoms in total. The largest absolute Gasteiger partial charge is 0.507 e. The van der Waals surface area contributed by atoms with E-state index in [4.69, 9.17) is 5.11 Å². The van der Waals surface area contributed by atoms with Crippen molar-refractivity contribution in [2.45, 2.75) is 58.3 Å². The zero-order valence-electron chi connectivity index (χ0n) is 13.2. The van der Waals surface area contributed by atoms with Crippen LogP contribution in [0.15, 0.2) is 18.2 Å². The van der Waals surface area contributed by atoms with E-state index in [2.05, 4.69) is 33.8 Å². The van der Waals surface area contributed by atoms with Crippen molar-refractivity contribution in [3.8, 4) is 5.75 Å². The Morgan fingerprint density at radius 2 is 1.60 bits per heavy atom. The van der Waals surface area contributed by atoms with E-state index < -0.39 is 0 Å². The molecule has 0 aliphatic heterocycles. The quantitative estimate of drug-likeness (QED) is 0.851. The van der Waals surface area contributed by atoms with Crippen molar-refractivity contribution in [2.75, 3.05) is 6.61 Å². The first-order valence-electron chi connectivity index (χ1n) is 7.35. The van der Waals surface area contributed by atoms with Gasteiger partial charge in [0.25, 0.3) is 0 Å². The summed E-state index contributed by atoms with van der Waals surface area (Å²) in [5.41, 5.74) is 4.58. The van der Waals surface area contributed by atoms with Crippen molar-refractivity contribution in [2.24, 2.45) is 0 Å². The van der Waals surface area contributed by atoms with Gasteiger partial charge in [-0.1, -0.05) is 33.8 Å². The van der Waals surface area contributed by atoms with E-state index in [-0.39, 0.29) is 17.4 Å². The van der Waals surface area contributed by atoms with E-state index in [0.717, 1.165) is 24.0 Å². The average Bonchev–Trinajstić information content (AvgIpc) is 2.35. The number of rotatable bonds is 2. The predicted octanol–water partition coefficient (Wildman–Crippen LogP) is 4.14. The highest BCUT2D eigenvalue weighted by Crippen LogP contribution is 2.48. The summed E-state index contributed by atoms with van der Waals surface area (Å²) in [6, 6.07) is 4.05. The molecule has 0 saturated carbocycles. The number of benzene rings is 1. The van der Waals surface area contributed by atoms with Crippen LogP contribution >= 0.6 is 0 Å². The molecule has 1 aromatic carbocycles. The summed E-state index contributed by atoms with van der Waals surface area (Å²) in [5.74, 6) is 0.316. The molecule has 0 amide bonds. The normalized spacial score (nSPS) is 20.6. The summed E-state index contributed by atoms with van der Waals surface area (Å²) >= 11 is 0. The Hall–Kier alpha value is -1.28. The molecule has 110 valence electrons. The minimum Gasteiger partial charge on any atom is -0.507 e. The van der Waals surface area contributed by atoms with Crippen LogP contribution in [0.4, 0.5) is 0 Å². The number of hydrogen-bond donors (Lipinski definition) is 2. The number of aliphatic hydroxyl groups is 1. The second kappa shape index (κ2) is 4.92. The number of hydrogen-bond acceptors (Lipinski definition) is 2. The van der Waals surface area contributed by atoms with E-state index in [1.165, 1.54) is 11.1 Å². The Balaban J connectivity index is 2.67. The molecule has 0 unspecified atom stereocenters. The molecule has 2 rings (SSSR count). The Bertz CT molecular complexity index is 551. The van der Waals surface area contributed by atoms with Crippen molar-refractivity contribution < 1.29 is 10.2 Å². The maximum atomic E-state index is 10.3. The highest BCUT2D eigenvalue weighted by Gasteiger charge is 2.37. The molecule has 2 N–H and O–H groups in total. The van der Waals surface area contributed by atoms with E-state index in [1.807, 2.05) is 13.0 Å². The van der Waals surface area contributed by atoms with Crippen molar-refractivity contribution >= 4 is 5.57 Å². The van der Waals surface area contributed by atoms with Crippen molar-refractivity contribution in [3.05, 3.63) is 34.9 Å². The van der Waals surface area contributed by atoms with Crippen molar-refractivity contribution in [1.82, 2.24) is 0 Å². The highest BCUT2D eigenvalue weighted by atomic mass is 16.3. The van der Waals surface area contributed by atoms with E-state index in [1.54, 1.807) is 6.08 Å². The predicted molar refractivity (Wildman–Crippen MR) is 84.1 cm³/mol. The van der Waals surface area contributed by atoms with Crippen molar-refractivity contribution in [1.29, 1.82) is 0 Å². The van der Waals surface area contributed by atoms with Gasteiger partial charge in [-0.15, -0.1) is 0 Å². The molecule has 0 bridgehead atoms. The van der Waals surface area contributed by atoms with Crippen LogP contribution in [0.1, 0.15) is 64.2 Å². The van der Waals surface area contributed by atoms with Gasteiger partial charge in [0.1, 0.15) is 5.75 Å². The molecule has 1 aromatic rings. The first kappa shape index (κ1) is 15.1. The van der Waals surface area contributed by atoms with E-state index in [0.29, 0.717) is 5.75 Å². The minimum absolute atomic E-state index is 0.00273. The van der Waals surface area contributed by atoms with Crippen LogP contribution in [-0.4, -0.2) is 16.8 Å². The van der Waals surface area contributed by atoms with Gasteiger partial charge in [0.05, 0.1) is 6.61 Å². The van der Waals surface area contributed by atoms with Crippen LogP contribution in [0.5, 0.6) is 5.75 Å². The van der Waals surface area contributed by atoms with Gasteiger partial charge in [-0.05, 0) is 59.4 Å². The number of aromatic hydroxyl groups is 1. The van der Waals surface area contributed by atoms with Crippen LogP contribution in [0, 0.1) is 0 Å². The fraction of sp³-hybridized carbons (Fsp3) is 0.556. The molecular formula is C18H26O2. The van der Waals surface area contributed by atoms with Crippen LogP contribution in [-0.2, 0) is 10.8 Å². The lowest BCUT2D eigenvalue weighted by molar-refractivity contribution is 0.329. The van der Waals surface area contributed by atoms with E-state index >= 15 is 0 Å². The van der Waals surface area contributed by atoms with Gasteiger partial charge in [-0.2, -0.15) is 0 Å². The van der Waals surface area contributed by atoms with Gasteiger partial charge in [-0.3, -0.25) is 0 Å². The van der Waals surface area contributed by atoms with Crippen LogP contribution in [0.3, 0.4) is 0 Å². The SMILES string of the molecule is C/C(=C/CO)c1cc2c(cc1O)C(C)(C)CCC2(C)C. The lowest BCUT2D eigenvalue weighted by atomic mass is 9.62. The molecule has 1 aliphatic carbocycles. The third-order valence-corrected chi connectivity index (χ3v) is 4.79. The Morgan fingerprint density at radius 1 is 1.10 bits per heavy atom. The molecule has 0 radical (unpaired) electrons. The molecule has 0 atom stereocenters. The maximum absolute atomic E-state index is 10.3. The van der Waals surface area contributed by atoms with Crippen LogP contribution < -0.4 is 0 Å². The Labute approximate surface area is 122 Å². The first-order chi connectivity index (χ1) is 9.19. The number of phenolic OH excluding ortho intramolecular Hbond substituents is 1. The van der Waals surface area contributed by atoms with Gasteiger partial charge < -0.3 is 10.2 Å². The van der Waals surface area contributed by atoms with Gasteiger partial charge in [0.15, 0.2) is 0 Å². The lowest BCUT2D eigenvalue weighted by Crippen LogP contribution is -2.33. The molecule has 1 aliphatic rings. The molecule has 0 spiro atoms. The van der Waals surface area contributed by atoms with Gasteiger partial charge in [-0.25, -0.2) is 0 Å². The molecule has 0 aromatic heterocycles. The van der Waals surface area contributed by atoms with Crippen molar-refractivity contribution in [3.63, 3.8) is 0 Å². The zero-order chi connectivity index (χ0) is 15.1. The second-order valence-corrected chi connectivity index (χ2v) is 7.25. The highest BCUT2D eigenvalue weighted by molar-refractivity contribution is 5.71. The molecule has 0 fully saturated rings. The standard InChI is InChI=1S/C18H26O2/c1-12(6-9-19)13-10-14-15(11-16(13)20)18(4,5)8-7-17(14,2)3/h6,10-11,19-20H,7-9H2,1-5H3/b12-6-. The summed E-state index contributed by atoms with van der Waals surface area (Å²) in [6.07, 6.45) is 4.03. The monoisotopic (exact) mass is 274 g/mol.